The Balaban J connectivity index is 1.83. The summed E-state index contributed by atoms with van der Waals surface area (Å²) in [6.07, 6.45) is 1.95. The Morgan fingerprint density at radius 1 is 1.40 bits per heavy atom. The van der Waals surface area contributed by atoms with Gasteiger partial charge in [-0.3, -0.25) is 0 Å². The monoisotopic (exact) mass is 295 g/mol. The van der Waals surface area contributed by atoms with E-state index in [1.807, 2.05) is 0 Å². The zero-order valence-electron chi connectivity index (χ0n) is 10.6. The summed E-state index contributed by atoms with van der Waals surface area (Å²) in [4.78, 5) is 4.39. The van der Waals surface area contributed by atoms with Gasteiger partial charge in [0.2, 0.25) is 5.89 Å². The largest absolute Gasteiger partial charge is 0.439 e. The van der Waals surface area contributed by atoms with E-state index in [0.717, 1.165) is 19.4 Å². The molecule has 2 aromatic rings. The summed E-state index contributed by atoms with van der Waals surface area (Å²) in [5.74, 6) is 0.666. The van der Waals surface area contributed by atoms with Crippen LogP contribution in [0, 0.1) is 0 Å². The van der Waals surface area contributed by atoms with Gasteiger partial charge in [0, 0.05) is 16.3 Å². The first kappa shape index (κ1) is 13.5. The van der Waals surface area contributed by atoms with E-state index >= 15 is 0 Å². The van der Waals surface area contributed by atoms with Crippen LogP contribution in [0.3, 0.4) is 0 Å². The quantitative estimate of drug-likeness (QED) is 0.885. The number of ether oxygens (including phenoxy) is 1. The lowest BCUT2D eigenvalue weighted by Gasteiger charge is -2.25. The van der Waals surface area contributed by atoms with Crippen LogP contribution in [0.25, 0.3) is 11.1 Å². The second-order valence-corrected chi connectivity index (χ2v) is 5.61. The zero-order chi connectivity index (χ0) is 14.1. The highest BCUT2D eigenvalue weighted by Gasteiger charge is 2.23. The molecule has 1 unspecified atom stereocenters. The third-order valence-electron chi connectivity index (χ3n) is 3.31. The normalized spacial score (nSPS) is 23.4. The van der Waals surface area contributed by atoms with Crippen molar-refractivity contribution >= 4 is 21.3 Å². The van der Waals surface area contributed by atoms with Gasteiger partial charge in [-0.15, -0.1) is 0 Å². The fourth-order valence-corrected chi connectivity index (χ4v) is 2.60. The molecule has 0 amide bonds. The van der Waals surface area contributed by atoms with Gasteiger partial charge in [-0.05, 0) is 30.6 Å². The van der Waals surface area contributed by atoms with Crippen LogP contribution >= 0.6 is 0 Å². The molecule has 2 heterocycles. The van der Waals surface area contributed by atoms with E-state index in [1.165, 1.54) is 12.1 Å². The number of halogens is 2. The number of nitrogens with one attached hydrogen (secondary N) is 1. The molecule has 2 atom stereocenters. The predicted molar refractivity (Wildman–Crippen MR) is 70.1 cm³/mol. The van der Waals surface area contributed by atoms with Gasteiger partial charge in [0.1, 0.15) is 11.3 Å². The molecule has 1 aliphatic heterocycles. The lowest BCUT2D eigenvalue weighted by Crippen LogP contribution is -2.30. The molecule has 1 N–H and O–H groups in total. The number of nitrogens with zero attached hydrogens (tertiary/aromatic N) is 1. The molecular formula is C13H13F2N2O2Si. The van der Waals surface area contributed by atoms with Crippen molar-refractivity contribution < 1.29 is 17.9 Å². The van der Waals surface area contributed by atoms with E-state index in [-0.39, 0.29) is 11.8 Å². The van der Waals surface area contributed by atoms with Gasteiger partial charge < -0.3 is 14.5 Å². The second-order valence-electron chi connectivity index (χ2n) is 4.80. The Morgan fingerprint density at radius 2 is 2.25 bits per heavy atom. The van der Waals surface area contributed by atoms with E-state index in [4.69, 9.17) is 4.42 Å². The molecule has 1 aromatic carbocycles. The highest BCUT2D eigenvalue weighted by molar-refractivity contribution is 6.11. The summed E-state index contributed by atoms with van der Waals surface area (Å²) in [6.45, 7) is -1.99. The maximum absolute atomic E-state index is 12.2. The second kappa shape index (κ2) is 5.49. The van der Waals surface area contributed by atoms with Gasteiger partial charge in [-0.2, -0.15) is 8.78 Å². The molecule has 7 heteroatoms. The van der Waals surface area contributed by atoms with Crippen molar-refractivity contribution in [1.82, 2.24) is 10.3 Å². The fourth-order valence-electron chi connectivity index (χ4n) is 2.32. The summed E-state index contributed by atoms with van der Waals surface area (Å²) >= 11 is 0. The Kier molecular flexibility index (Phi) is 3.71. The highest BCUT2D eigenvalue weighted by Crippen LogP contribution is 2.30. The van der Waals surface area contributed by atoms with E-state index in [9.17, 15) is 8.78 Å². The van der Waals surface area contributed by atoms with Crippen LogP contribution in [0.15, 0.2) is 22.6 Å². The number of oxazole rings is 1. The van der Waals surface area contributed by atoms with Crippen LogP contribution in [0.2, 0.25) is 5.54 Å². The van der Waals surface area contributed by atoms with Crippen LogP contribution in [0.4, 0.5) is 8.78 Å². The molecule has 0 bridgehead atoms. The van der Waals surface area contributed by atoms with Crippen molar-refractivity contribution in [3.05, 3.63) is 24.1 Å². The lowest BCUT2D eigenvalue weighted by molar-refractivity contribution is -0.0497. The van der Waals surface area contributed by atoms with Gasteiger partial charge in [0.05, 0.1) is 6.04 Å². The number of alkyl halides is 2. The van der Waals surface area contributed by atoms with Crippen molar-refractivity contribution in [3.63, 3.8) is 0 Å². The van der Waals surface area contributed by atoms with E-state index in [0.29, 0.717) is 22.5 Å². The molecule has 1 aliphatic rings. The average Bonchev–Trinajstić information content (AvgIpc) is 2.81. The number of rotatable bonds is 3. The van der Waals surface area contributed by atoms with E-state index in [1.54, 1.807) is 6.07 Å². The summed E-state index contributed by atoms with van der Waals surface area (Å²) in [6, 6.07) is 4.59. The summed E-state index contributed by atoms with van der Waals surface area (Å²) in [5, 5.41) is 3.34. The molecule has 1 saturated heterocycles. The minimum atomic E-state index is -2.84. The maximum Gasteiger partial charge on any atom is 0.387 e. The number of fused-ring (bicyclic) bond motifs is 1. The van der Waals surface area contributed by atoms with Crippen molar-refractivity contribution in [2.75, 3.05) is 6.54 Å². The molecule has 3 radical (unpaired) electrons. The van der Waals surface area contributed by atoms with Crippen LogP contribution < -0.4 is 10.1 Å². The Bertz CT molecular complexity index is 597. The number of aromatic nitrogens is 1. The van der Waals surface area contributed by atoms with Gasteiger partial charge in [-0.25, -0.2) is 4.98 Å². The standard InChI is InChI=1S/C13H13F2N2O2Si/c14-13(15)18-7-1-3-9-11(5-7)19-12(17-9)10-4-2-8(20)6-16-10/h1,3,5,8,10,13,16H,2,4,6H2/t8?,10-/m1/s1. The summed E-state index contributed by atoms with van der Waals surface area (Å²) in [7, 11) is 3.60. The van der Waals surface area contributed by atoms with Gasteiger partial charge in [0.25, 0.3) is 0 Å². The van der Waals surface area contributed by atoms with Crippen molar-refractivity contribution in [2.45, 2.75) is 31.0 Å². The number of benzene rings is 1. The van der Waals surface area contributed by atoms with E-state index < -0.39 is 6.61 Å². The van der Waals surface area contributed by atoms with Gasteiger partial charge in [-0.1, -0.05) is 6.42 Å². The zero-order valence-corrected chi connectivity index (χ0v) is 11.6. The first-order chi connectivity index (χ1) is 9.61. The maximum atomic E-state index is 12.2. The van der Waals surface area contributed by atoms with Crippen LogP contribution in [-0.4, -0.2) is 28.4 Å². The van der Waals surface area contributed by atoms with Crippen molar-refractivity contribution in [2.24, 2.45) is 0 Å². The molecule has 4 nitrogen and oxygen atoms in total. The van der Waals surface area contributed by atoms with Crippen LogP contribution in [0.1, 0.15) is 24.8 Å². The predicted octanol–water partition coefficient (Wildman–Crippen LogP) is 2.81. The van der Waals surface area contributed by atoms with Gasteiger partial charge in [0.15, 0.2) is 5.58 Å². The van der Waals surface area contributed by atoms with Crippen molar-refractivity contribution in [3.8, 4) is 5.75 Å². The molecule has 1 fully saturated rings. The lowest BCUT2D eigenvalue weighted by atomic mass is 10.0. The molecule has 0 spiro atoms. The third-order valence-corrected chi connectivity index (χ3v) is 3.81. The first-order valence-corrected chi connectivity index (χ1v) is 6.99. The summed E-state index contributed by atoms with van der Waals surface area (Å²) in [5.41, 5.74) is 1.56. The molecular weight excluding hydrogens is 282 g/mol. The van der Waals surface area contributed by atoms with Crippen LogP contribution in [0.5, 0.6) is 5.75 Å². The highest BCUT2D eigenvalue weighted by atomic mass is 28.1. The topological polar surface area (TPSA) is 47.3 Å². The summed E-state index contributed by atoms with van der Waals surface area (Å²) < 4.78 is 34.3. The van der Waals surface area contributed by atoms with Crippen LogP contribution in [-0.2, 0) is 0 Å². The molecule has 1 aromatic heterocycles. The molecule has 3 rings (SSSR count). The minimum Gasteiger partial charge on any atom is -0.439 e. The SMILES string of the molecule is FC(F)Oc1ccc2nc([C@H]3CCC([Si])CN3)oc2c1. The Labute approximate surface area is 117 Å². The fraction of sp³-hybridized carbons (Fsp3) is 0.462. The number of hydrogen-bond donors (Lipinski definition) is 1. The Hall–Kier alpha value is -1.47. The molecule has 20 heavy (non-hydrogen) atoms. The number of piperidine rings is 1. The van der Waals surface area contributed by atoms with E-state index in [2.05, 4.69) is 25.3 Å². The number of hydrogen-bond acceptors (Lipinski definition) is 4. The third kappa shape index (κ3) is 2.83. The molecule has 105 valence electrons. The van der Waals surface area contributed by atoms with Gasteiger partial charge >= 0.3 is 6.61 Å². The average molecular weight is 295 g/mol. The molecule has 0 saturated carbocycles. The van der Waals surface area contributed by atoms with Crippen molar-refractivity contribution in [1.29, 1.82) is 0 Å². The first-order valence-electron chi connectivity index (χ1n) is 6.41. The smallest absolute Gasteiger partial charge is 0.387 e. The minimum absolute atomic E-state index is 0.0643. The Morgan fingerprint density at radius 3 is 2.95 bits per heavy atom. The molecule has 0 aliphatic carbocycles.